The maximum absolute atomic E-state index is 12.2. The van der Waals surface area contributed by atoms with Crippen molar-refractivity contribution in [2.24, 2.45) is 0 Å². The van der Waals surface area contributed by atoms with E-state index in [4.69, 9.17) is 0 Å². The summed E-state index contributed by atoms with van der Waals surface area (Å²) in [6.07, 6.45) is 0. The van der Waals surface area contributed by atoms with Crippen LogP contribution in [-0.4, -0.2) is 22.2 Å². The molecule has 0 spiro atoms. The Hall–Kier alpha value is -3.83. The number of carboxylic acids is 2. The van der Waals surface area contributed by atoms with Gasteiger partial charge in [-0.25, -0.2) is 9.59 Å². The zero-order valence-electron chi connectivity index (χ0n) is 16.4. The lowest BCUT2D eigenvalue weighted by Gasteiger charge is -2.15. The fourth-order valence-electron chi connectivity index (χ4n) is 3.51. The van der Waals surface area contributed by atoms with Crippen LogP contribution in [0, 0.1) is 0 Å². The summed E-state index contributed by atoms with van der Waals surface area (Å²) >= 11 is 1.15. The third-order valence-corrected chi connectivity index (χ3v) is 5.99. The van der Waals surface area contributed by atoms with Gasteiger partial charge in [0.15, 0.2) is 0 Å². The molecule has 31 heavy (non-hydrogen) atoms. The van der Waals surface area contributed by atoms with Crippen LogP contribution < -0.4 is 0 Å². The second-order valence-corrected chi connectivity index (χ2v) is 7.89. The van der Waals surface area contributed by atoms with Gasteiger partial charge in [-0.2, -0.15) is 0 Å². The van der Waals surface area contributed by atoms with E-state index in [0.717, 1.165) is 22.9 Å². The summed E-state index contributed by atoms with van der Waals surface area (Å²) in [5.41, 5.74) is 3.07. The average molecular weight is 426 g/mol. The van der Waals surface area contributed by atoms with Crippen molar-refractivity contribution in [3.63, 3.8) is 0 Å². The fourth-order valence-corrected chi connectivity index (χ4v) is 4.64. The van der Waals surface area contributed by atoms with Crippen LogP contribution in [0.15, 0.2) is 107 Å². The van der Waals surface area contributed by atoms with E-state index in [1.54, 1.807) is 36.4 Å². The van der Waals surface area contributed by atoms with Crippen LogP contribution in [0.4, 0.5) is 0 Å². The lowest BCUT2D eigenvalue weighted by Crippen LogP contribution is -2.04. The molecule has 4 nitrogen and oxygen atoms in total. The molecule has 0 amide bonds. The van der Waals surface area contributed by atoms with E-state index in [9.17, 15) is 19.8 Å². The van der Waals surface area contributed by atoms with Gasteiger partial charge in [0.25, 0.3) is 0 Å². The first-order chi connectivity index (χ1) is 15.1. The summed E-state index contributed by atoms with van der Waals surface area (Å²) in [6.45, 7) is 0. The number of rotatable bonds is 6. The van der Waals surface area contributed by atoms with Crippen molar-refractivity contribution in [3.05, 3.63) is 108 Å². The van der Waals surface area contributed by atoms with Gasteiger partial charge >= 0.3 is 11.9 Å². The van der Waals surface area contributed by atoms with Crippen molar-refractivity contribution in [3.8, 4) is 22.3 Å². The highest BCUT2D eigenvalue weighted by Gasteiger charge is 2.22. The lowest BCUT2D eigenvalue weighted by molar-refractivity contribution is 0.0684. The van der Waals surface area contributed by atoms with E-state index in [-0.39, 0.29) is 11.1 Å². The minimum atomic E-state index is -1.06. The summed E-state index contributed by atoms with van der Waals surface area (Å²) in [7, 11) is 0. The molecule has 0 aliphatic heterocycles. The SMILES string of the molecule is O=C(O)c1c(Sc2cccc(-c3ccccc3)c2C(=O)O)cccc1-c1ccccc1. The van der Waals surface area contributed by atoms with Crippen LogP contribution in [0.5, 0.6) is 0 Å². The molecule has 0 unspecified atom stereocenters. The van der Waals surface area contributed by atoms with Crippen LogP contribution in [0.1, 0.15) is 20.7 Å². The standard InChI is InChI=1S/C26H18O4S/c27-25(28)23-19(17-9-3-1-4-10-17)13-7-15-21(23)31-22-16-8-14-20(24(22)26(29)30)18-11-5-2-6-12-18/h1-16H,(H,27,28)(H,29,30). The van der Waals surface area contributed by atoms with E-state index >= 15 is 0 Å². The summed E-state index contributed by atoms with van der Waals surface area (Å²) < 4.78 is 0. The van der Waals surface area contributed by atoms with Crippen LogP contribution in [-0.2, 0) is 0 Å². The van der Waals surface area contributed by atoms with Crippen LogP contribution >= 0.6 is 11.8 Å². The second-order valence-electron chi connectivity index (χ2n) is 6.80. The van der Waals surface area contributed by atoms with Crippen molar-refractivity contribution in [2.75, 3.05) is 0 Å². The van der Waals surface area contributed by atoms with Crippen molar-refractivity contribution < 1.29 is 19.8 Å². The molecule has 0 saturated heterocycles. The molecule has 0 bridgehead atoms. The van der Waals surface area contributed by atoms with Crippen LogP contribution in [0.25, 0.3) is 22.3 Å². The molecule has 5 heteroatoms. The number of hydrogen-bond acceptors (Lipinski definition) is 3. The minimum absolute atomic E-state index is 0.153. The summed E-state index contributed by atoms with van der Waals surface area (Å²) in [4.78, 5) is 25.3. The third-order valence-electron chi connectivity index (χ3n) is 4.87. The first-order valence-electron chi connectivity index (χ1n) is 9.57. The van der Waals surface area contributed by atoms with Gasteiger partial charge in [-0.05, 0) is 34.4 Å². The largest absolute Gasteiger partial charge is 0.478 e. The van der Waals surface area contributed by atoms with Gasteiger partial charge in [-0.1, -0.05) is 96.7 Å². The van der Waals surface area contributed by atoms with Crippen LogP contribution in [0.3, 0.4) is 0 Å². The summed E-state index contributed by atoms with van der Waals surface area (Å²) in [5.74, 6) is -2.11. The van der Waals surface area contributed by atoms with Gasteiger partial charge in [0, 0.05) is 9.79 Å². The molecule has 0 atom stereocenters. The first-order valence-corrected chi connectivity index (χ1v) is 10.4. The Labute approximate surface area is 183 Å². The van der Waals surface area contributed by atoms with Gasteiger partial charge in [0.05, 0.1) is 11.1 Å². The average Bonchev–Trinajstić information content (AvgIpc) is 2.79. The van der Waals surface area contributed by atoms with Crippen molar-refractivity contribution in [1.82, 2.24) is 0 Å². The molecule has 4 aromatic carbocycles. The Morgan fingerprint density at radius 3 is 1.26 bits per heavy atom. The van der Waals surface area contributed by atoms with Crippen molar-refractivity contribution >= 4 is 23.7 Å². The zero-order valence-corrected chi connectivity index (χ0v) is 17.2. The molecule has 0 saturated carbocycles. The highest BCUT2D eigenvalue weighted by Crippen LogP contribution is 2.39. The van der Waals surface area contributed by atoms with E-state index < -0.39 is 11.9 Å². The number of carbonyl (C=O) groups is 2. The van der Waals surface area contributed by atoms with Gasteiger partial charge < -0.3 is 10.2 Å². The number of benzene rings is 4. The van der Waals surface area contributed by atoms with Gasteiger partial charge in [0.2, 0.25) is 0 Å². The van der Waals surface area contributed by atoms with Crippen molar-refractivity contribution in [2.45, 2.75) is 9.79 Å². The molecule has 152 valence electrons. The molecule has 0 aliphatic rings. The van der Waals surface area contributed by atoms with Gasteiger partial charge in [0.1, 0.15) is 0 Å². The minimum Gasteiger partial charge on any atom is -0.478 e. The van der Waals surface area contributed by atoms with Gasteiger partial charge in [-0.3, -0.25) is 0 Å². The highest BCUT2D eigenvalue weighted by molar-refractivity contribution is 7.99. The smallest absolute Gasteiger partial charge is 0.337 e. The molecule has 4 rings (SSSR count). The van der Waals surface area contributed by atoms with E-state index in [0.29, 0.717) is 20.9 Å². The Balaban J connectivity index is 1.86. The lowest BCUT2D eigenvalue weighted by atomic mass is 9.99. The Morgan fingerprint density at radius 2 is 0.903 bits per heavy atom. The molecule has 0 heterocycles. The normalized spacial score (nSPS) is 10.6. The Morgan fingerprint density at radius 1 is 0.516 bits per heavy atom. The molecule has 0 fully saturated rings. The predicted octanol–water partition coefficient (Wildman–Crippen LogP) is 6.57. The molecule has 0 aromatic heterocycles. The van der Waals surface area contributed by atoms with E-state index in [2.05, 4.69) is 0 Å². The Kier molecular flexibility index (Phi) is 5.87. The molecule has 0 radical (unpaired) electrons. The monoisotopic (exact) mass is 426 g/mol. The van der Waals surface area contributed by atoms with Crippen molar-refractivity contribution in [1.29, 1.82) is 0 Å². The zero-order chi connectivity index (χ0) is 21.8. The fraction of sp³-hybridized carbons (Fsp3) is 0. The first kappa shape index (κ1) is 20.4. The highest BCUT2D eigenvalue weighted by atomic mass is 32.2. The number of carboxylic acid groups (broad SMARTS) is 2. The molecule has 2 N–H and O–H groups in total. The van der Waals surface area contributed by atoms with E-state index in [1.165, 1.54) is 0 Å². The maximum Gasteiger partial charge on any atom is 0.337 e. The second kappa shape index (κ2) is 8.90. The van der Waals surface area contributed by atoms with Gasteiger partial charge in [-0.15, -0.1) is 0 Å². The predicted molar refractivity (Wildman–Crippen MR) is 122 cm³/mol. The molecular weight excluding hydrogens is 408 g/mol. The number of aromatic carboxylic acids is 2. The quantitative estimate of drug-likeness (QED) is 0.365. The topological polar surface area (TPSA) is 74.6 Å². The maximum atomic E-state index is 12.2. The molecular formula is C26H18O4S. The molecule has 0 aliphatic carbocycles. The number of hydrogen-bond donors (Lipinski definition) is 2. The molecule has 4 aromatic rings. The van der Waals surface area contributed by atoms with E-state index in [1.807, 2.05) is 60.7 Å². The van der Waals surface area contributed by atoms with Crippen LogP contribution in [0.2, 0.25) is 0 Å². The summed E-state index contributed by atoms with van der Waals surface area (Å²) in [6, 6.07) is 29.1. The Bertz CT molecular complexity index is 1150. The summed E-state index contributed by atoms with van der Waals surface area (Å²) in [5, 5.41) is 19.9. The third kappa shape index (κ3) is 4.22.